The van der Waals surface area contributed by atoms with Crippen LogP contribution in [0.3, 0.4) is 0 Å². The van der Waals surface area contributed by atoms with E-state index in [0.717, 1.165) is 18.4 Å². The van der Waals surface area contributed by atoms with Crippen molar-refractivity contribution < 1.29 is 13.2 Å². The van der Waals surface area contributed by atoms with E-state index >= 15 is 0 Å². The molecule has 3 rings (SSSR count). The van der Waals surface area contributed by atoms with Gasteiger partial charge in [-0.15, -0.1) is 0 Å². The predicted molar refractivity (Wildman–Crippen MR) is 86.1 cm³/mol. The molecule has 122 valence electrons. The van der Waals surface area contributed by atoms with Gasteiger partial charge < -0.3 is 4.90 Å². The lowest BCUT2D eigenvalue weighted by Gasteiger charge is -2.16. The molecule has 0 atom stereocenters. The summed E-state index contributed by atoms with van der Waals surface area (Å²) in [7, 11) is -2.14. The Bertz CT molecular complexity index is 838. The summed E-state index contributed by atoms with van der Waals surface area (Å²) in [5, 5.41) is -0.0966. The molecular formula is C16H19N3O3S. The fourth-order valence-electron chi connectivity index (χ4n) is 2.49. The van der Waals surface area contributed by atoms with Crippen LogP contribution in [0.15, 0.2) is 41.8 Å². The molecule has 1 aromatic heterocycles. The Balaban J connectivity index is 1.89. The summed E-state index contributed by atoms with van der Waals surface area (Å²) < 4.78 is 26.7. The Hall–Kier alpha value is -2.15. The summed E-state index contributed by atoms with van der Waals surface area (Å²) >= 11 is 0. The Morgan fingerprint density at radius 3 is 2.78 bits per heavy atom. The molecule has 0 saturated heterocycles. The van der Waals surface area contributed by atoms with Crippen molar-refractivity contribution in [2.24, 2.45) is 0 Å². The number of nitrogens with zero attached hydrogens (tertiary/aromatic N) is 3. The van der Waals surface area contributed by atoms with E-state index < -0.39 is 15.6 Å². The number of aryl methyl sites for hydroxylation is 1. The third kappa shape index (κ3) is 3.29. The van der Waals surface area contributed by atoms with Crippen molar-refractivity contribution in [1.82, 2.24) is 14.5 Å². The summed E-state index contributed by atoms with van der Waals surface area (Å²) in [6, 6.07) is 7.66. The number of aromatic nitrogens is 2. The molecule has 7 heteroatoms. The smallest absolute Gasteiger partial charge is 0.238 e. The Morgan fingerprint density at radius 2 is 2.13 bits per heavy atom. The molecule has 1 amide bonds. The highest BCUT2D eigenvalue weighted by molar-refractivity contribution is 7.92. The molecule has 1 aliphatic carbocycles. The molecule has 2 aromatic rings. The molecule has 0 N–H and O–H groups in total. The van der Waals surface area contributed by atoms with Crippen molar-refractivity contribution in [1.29, 1.82) is 0 Å². The third-order valence-corrected chi connectivity index (χ3v) is 5.45. The number of hydrogen-bond acceptors (Lipinski definition) is 4. The maximum atomic E-state index is 12.6. The van der Waals surface area contributed by atoms with Crippen LogP contribution in [0.4, 0.5) is 0 Å². The lowest BCUT2D eigenvalue weighted by molar-refractivity contribution is -0.127. The van der Waals surface area contributed by atoms with Gasteiger partial charge in [0, 0.05) is 31.2 Å². The molecule has 23 heavy (non-hydrogen) atoms. The molecule has 1 aliphatic rings. The molecule has 0 bridgehead atoms. The first-order chi connectivity index (χ1) is 10.9. The zero-order valence-electron chi connectivity index (χ0n) is 13.1. The molecule has 0 radical (unpaired) electrons. The van der Waals surface area contributed by atoms with E-state index in [1.165, 1.54) is 15.7 Å². The molecule has 6 nitrogen and oxygen atoms in total. The summed E-state index contributed by atoms with van der Waals surface area (Å²) in [6.45, 7) is 1.93. The Morgan fingerprint density at radius 1 is 1.39 bits per heavy atom. The van der Waals surface area contributed by atoms with E-state index in [-0.39, 0.29) is 17.1 Å². The number of sulfone groups is 1. The highest BCUT2D eigenvalue weighted by atomic mass is 32.2. The topological polar surface area (TPSA) is 72.3 Å². The van der Waals surface area contributed by atoms with Gasteiger partial charge in [-0.1, -0.05) is 12.1 Å². The molecule has 0 unspecified atom stereocenters. The maximum Gasteiger partial charge on any atom is 0.238 e. The van der Waals surface area contributed by atoms with Gasteiger partial charge in [0.05, 0.1) is 0 Å². The number of imidazole rings is 1. The van der Waals surface area contributed by atoms with Crippen LogP contribution in [-0.4, -0.2) is 47.6 Å². The van der Waals surface area contributed by atoms with E-state index in [9.17, 15) is 13.2 Å². The van der Waals surface area contributed by atoms with Crippen molar-refractivity contribution in [2.75, 3.05) is 12.8 Å². The standard InChI is InChI=1S/C16H19N3O3S/c1-12-4-3-5-14(10-12)19-9-8-17-16(19)23(21,22)11-15(20)18(2)13-6-7-13/h3-5,8-10,13H,6-7,11H2,1-2H3. The van der Waals surface area contributed by atoms with Gasteiger partial charge >= 0.3 is 0 Å². The van der Waals surface area contributed by atoms with Gasteiger partial charge in [0.15, 0.2) is 0 Å². The summed E-state index contributed by atoms with van der Waals surface area (Å²) in [4.78, 5) is 17.6. The van der Waals surface area contributed by atoms with E-state index in [1.807, 2.05) is 31.2 Å². The van der Waals surface area contributed by atoms with Crippen molar-refractivity contribution in [2.45, 2.75) is 31.0 Å². The lowest BCUT2D eigenvalue weighted by Crippen LogP contribution is -2.34. The molecule has 0 spiro atoms. The second kappa shape index (κ2) is 5.81. The highest BCUT2D eigenvalue weighted by Crippen LogP contribution is 2.26. The fourth-order valence-corrected chi connectivity index (χ4v) is 3.83. The number of amides is 1. The first-order valence-corrected chi connectivity index (χ1v) is 9.12. The highest BCUT2D eigenvalue weighted by Gasteiger charge is 2.33. The van der Waals surface area contributed by atoms with Crippen LogP contribution in [0, 0.1) is 6.92 Å². The number of carbonyl (C=O) groups is 1. The number of hydrogen-bond donors (Lipinski definition) is 0. The van der Waals surface area contributed by atoms with Crippen LogP contribution in [0.1, 0.15) is 18.4 Å². The van der Waals surface area contributed by atoms with Gasteiger partial charge in [0.2, 0.25) is 20.9 Å². The van der Waals surface area contributed by atoms with Gasteiger partial charge in [-0.25, -0.2) is 13.4 Å². The van der Waals surface area contributed by atoms with E-state index in [1.54, 1.807) is 13.2 Å². The van der Waals surface area contributed by atoms with Gasteiger partial charge in [0.25, 0.3) is 0 Å². The Labute approximate surface area is 135 Å². The zero-order valence-corrected chi connectivity index (χ0v) is 14.0. The van der Waals surface area contributed by atoms with Crippen molar-refractivity contribution in [3.8, 4) is 5.69 Å². The summed E-state index contributed by atoms with van der Waals surface area (Å²) in [5.41, 5.74) is 1.73. The molecule has 0 aliphatic heterocycles. The molecule has 1 aromatic carbocycles. The largest absolute Gasteiger partial charge is 0.342 e. The van der Waals surface area contributed by atoms with Crippen LogP contribution >= 0.6 is 0 Å². The quantitative estimate of drug-likeness (QED) is 0.833. The summed E-state index contributed by atoms with van der Waals surface area (Å²) in [6.07, 6.45) is 4.92. The third-order valence-electron chi connectivity index (χ3n) is 3.97. The first-order valence-electron chi connectivity index (χ1n) is 7.47. The fraction of sp³-hybridized carbons (Fsp3) is 0.375. The summed E-state index contributed by atoms with van der Waals surface area (Å²) in [5.74, 6) is -0.936. The van der Waals surface area contributed by atoms with Crippen LogP contribution < -0.4 is 0 Å². The molecule has 1 saturated carbocycles. The van der Waals surface area contributed by atoms with Crippen LogP contribution in [0.25, 0.3) is 5.69 Å². The maximum absolute atomic E-state index is 12.6. The number of benzene rings is 1. The Kier molecular flexibility index (Phi) is 3.97. The molecule has 1 fully saturated rings. The SMILES string of the molecule is Cc1cccc(-n2ccnc2S(=O)(=O)CC(=O)N(C)C2CC2)c1. The average Bonchev–Trinajstić information content (AvgIpc) is 3.21. The molecular weight excluding hydrogens is 314 g/mol. The van der Waals surface area contributed by atoms with Gasteiger partial charge in [0.1, 0.15) is 5.75 Å². The van der Waals surface area contributed by atoms with E-state index in [0.29, 0.717) is 5.69 Å². The molecule has 1 heterocycles. The van der Waals surface area contributed by atoms with Crippen molar-refractivity contribution in [3.05, 3.63) is 42.2 Å². The van der Waals surface area contributed by atoms with Crippen molar-refractivity contribution >= 4 is 15.7 Å². The normalized spacial score (nSPS) is 14.7. The average molecular weight is 333 g/mol. The monoisotopic (exact) mass is 333 g/mol. The number of carbonyl (C=O) groups excluding carboxylic acids is 1. The number of rotatable bonds is 5. The zero-order chi connectivity index (χ0) is 16.6. The van der Waals surface area contributed by atoms with Crippen LogP contribution in [-0.2, 0) is 14.6 Å². The second-order valence-corrected chi connectivity index (χ2v) is 7.80. The van der Waals surface area contributed by atoms with Gasteiger partial charge in [-0.3, -0.25) is 9.36 Å². The van der Waals surface area contributed by atoms with Crippen LogP contribution in [0.5, 0.6) is 0 Å². The van der Waals surface area contributed by atoms with Gasteiger partial charge in [-0.2, -0.15) is 0 Å². The van der Waals surface area contributed by atoms with E-state index in [2.05, 4.69) is 4.98 Å². The van der Waals surface area contributed by atoms with Crippen LogP contribution in [0.2, 0.25) is 0 Å². The second-order valence-electron chi connectivity index (χ2n) is 5.91. The first kappa shape index (κ1) is 15.7. The minimum Gasteiger partial charge on any atom is -0.342 e. The van der Waals surface area contributed by atoms with E-state index in [4.69, 9.17) is 0 Å². The predicted octanol–water partition coefficient (Wildman–Crippen LogP) is 1.58. The minimum absolute atomic E-state index is 0.0966. The van der Waals surface area contributed by atoms with Gasteiger partial charge in [-0.05, 0) is 37.5 Å². The lowest BCUT2D eigenvalue weighted by atomic mass is 10.2. The van der Waals surface area contributed by atoms with Crippen molar-refractivity contribution in [3.63, 3.8) is 0 Å². The minimum atomic E-state index is -3.80.